The van der Waals surface area contributed by atoms with Gasteiger partial charge in [-0.1, -0.05) is 79.0 Å². The van der Waals surface area contributed by atoms with E-state index in [0.717, 1.165) is 48.4 Å². The Bertz CT molecular complexity index is 1300. The maximum atomic E-state index is 14.2. The molecule has 1 saturated carbocycles. The number of carbonyl (C=O) groups is 2. The Balaban J connectivity index is 1.29. The average Bonchev–Trinajstić information content (AvgIpc) is 3.39. The van der Waals surface area contributed by atoms with Gasteiger partial charge in [0.1, 0.15) is 0 Å². The van der Waals surface area contributed by atoms with Crippen LogP contribution in [-0.2, 0) is 4.79 Å². The molecule has 3 aromatic carbocycles. The number of likely N-dealkylation sites (tertiary alicyclic amines) is 1. The minimum Gasteiger partial charge on any atom is -0.378 e. The van der Waals surface area contributed by atoms with Gasteiger partial charge in [-0.15, -0.1) is 0 Å². The van der Waals surface area contributed by atoms with Gasteiger partial charge in [-0.2, -0.15) is 0 Å². The molecule has 6 rings (SSSR count). The monoisotopic (exact) mass is 513 g/mol. The van der Waals surface area contributed by atoms with Crippen LogP contribution < -0.4 is 10.6 Å². The standard InChI is InChI=1S/C31H32ClN3O2/c32-25-15-7-4-12-21(25)28-24-18-19-35(29(24)22-13-5-8-16-26(22)33-28)31(37)23-14-6-9-17-27(23)34-30(36)20-10-2-1-3-11-20/h1-5,7-8,10-13,15-16,23-24,27-29,33H,6,9,14,17-19H2,(H,34,36)/t23-,24+,27+,28-,29-/m0/s1. The van der Waals surface area contributed by atoms with Gasteiger partial charge >= 0.3 is 0 Å². The number of carbonyl (C=O) groups excluding carboxylic acids is 2. The lowest BCUT2D eigenvalue weighted by molar-refractivity contribution is -0.138. The Kier molecular flexibility index (Phi) is 6.64. The molecule has 2 amide bonds. The zero-order valence-corrected chi connectivity index (χ0v) is 21.5. The van der Waals surface area contributed by atoms with E-state index in [-0.39, 0.29) is 41.8 Å². The number of benzene rings is 3. The number of halogens is 1. The van der Waals surface area contributed by atoms with Crippen LogP contribution in [0.1, 0.15) is 65.7 Å². The number of hydrogen-bond donors (Lipinski definition) is 2. The molecule has 1 saturated heterocycles. The third-order valence-electron chi connectivity index (χ3n) is 8.42. The molecule has 6 heteroatoms. The highest BCUT2D eigenvalue weighted by atomic mass is 35.5. The van der Waals surface area contributed by atoms with E-state index in [1.54, 1.807) is 0 Å². The van der Waals surface area contributed by atoms with Crippen LogP contribution in [0.5, 0.6) is 0 Å². The first-order chi connectivity index (χ1) is 18.1. The molecule has 1 aliphatic carbocycles. The number of anilines is 1. The number of nitrogens with one attached hydrogen (secondary N) is 2. The molecule has 3 aliphatic rings. The molecule has 2 fully saturated rings. The lowest BCUT2D eigenvalue weighted by Crippen LogP contribution is -2.50. The topological polar surface area (TPSA) is 61.4 Å². The minimum atomic E-state index is -0.207. The van der Waals surface area contributed by atoms with Crippen molar-refractivity contribution in [3.8, 4) is 0 Å². The predicted molar refractivity (Wildman–Crippen MR) is 146 cm³/mol. The Morgan fingerprint density at radius 2 is 1.54 bits per heavy atom. The fourth-order valence-corrected chi connectivity index (χ4v) is 6.91. The summed E-state index contributed by atoms with van der Waals surface area (Å²) >= 11 is 6.65. The summed E-state index contributed by atoms with van der Waals surface area (Å²) in [6.45, 7) is 0.709. The predicted octanol–water partition coefficient (Wildman–Crippen LogP) is 6.39. The summed E-state index contributed by atoms with van der Waals surface area (Å²) in [5, 5.41) is 7.69. The van der Waals surface area contributed by atoms with E-state index in [9.17, 15) is 9.59 Å². The number of para-hydroxylation sites is 1. The van der Waals surface area contributed by atoms with Crippen molar-refractivity contribution in [2.75, 3.05) is 11.9 Å². The third kappa shape index (κ3) is 4.50. The Hall–Kier alpha value is -3.31. The van der Waals surface area contributed by atoms with Crippen molar-refractivity contribution < 1.29 is 9.59 Å². The fraction of sp³-hybridized carbons (Fsp3) is 0.355. The second kappa shape index (κ2) is 10.2. The van der Waals surface area contributed by atoms with Gasteiger partial charge in [0.25, 0.3) is 5.91 Å². The van der Waals surface area contributed by atoms with E-state index in [1.807, 2.05) is 54.6 Å². The minimum absolute atomic E-state index is 0.0152. The van der Waals surface area contributed by atoms with Crippen LogP contribution in [0.3, 0.4) is 0 Å². The smallest absolute Gasteiger partial charge is 0.251 e. The van der Waals surface area contributed by atoms with Gasteiger partial charge < -0.3 is 15.5 Å². The molecule has 0 aromatic heterocycles. The van der Waals surface area contributed by atoms with E-state index < -0.39 is 0 Å². The first kappa shape index (κ1) is 24.1. The van der Waals surface area contributed by atoms with Gasteiger partial charge in [-0.05, 0) is 54.7 Å². The quantitative estimate of drug-likeness (QED) is 0.425. The van der Waals surface area contributed by atoms with Crippen LogP contribution >= 0.6 is 11.6 Å². The summed E-state index contributed by atoms with van der Waals surface area (Å²) < 4.78 is 0. The molecule has 5 atom stereocenters. The Morgan fingerprint density at radius 3 is 2.35 bits per heavy atom. The molecule has 0 spiro atoms. The highest BCUT2D eigenvalue weighted by Crippen LogP contribution is 2.52. The summed E-state index contributed by atoms with van der Waals surface area (Å²) in [6, 6.07) is 25.5. The van der Waals surface area contributed by atoms with E-state index in [4.69, 9.17) is 11.6 Å². The van der Waals surface area contributed by atoms with Crippen LogP contribution in [0.4, 0.5) is 5.69 Å². The van der Waals surface area contributed by atoms with Gasteiger partial charge in [0.2, 0.25) is 5.91 Å². The first-order valence-corrected chi connectivity index (χ1v) is 13.8. The molecule has 0 unspecified atom stereocenters. The van der Waals surface area contributed by atoms with Gasteiger partial charge in [0.05, 0.1) is 18.0 Å². The van der Waals surface area contributed by atoms with Crippen LogP contribution in [0, 0.1) is 11.8 Å². The number of rotatable bonds is 4. The first-order valence-electron chi connectivity index (χ1n) is 13.4. The van der Waals surface area contributed by atoms with Gasteiger partial charge in [-0.3, -0.25) is 9.59 Å². The lowest BCUT2D eigenvalue weighted by atomic mass is 9.79. The van der Waals surface area contributed by atoms with E-state index >= 15 is 0 Å². The summed E-state index contributed by atoms with van der Waals surface area (Å²) in [7, 11) is 0. The van der Waals surface area contributed by atoms with Crippen molar-refractivity contribution in [1.82, 2.24) is 10.2 Å². The molecule has 0 radical (unpaired) electrons. The molecule has 0 bridgehead atoms. The Labute approximate surface area is 223 Å². The van der Waals surface area contributed by atoms with Crippen LogP contribution in [0.15, 0.2) is 78.9 Å². The van der Waals surface area contributed by atoms with Crippen LogP contribution in [0.2, 0.25) is 5.02 Å². The molecule has 37 heavy (non-hydrogen) atoms. The zero-order valence-electron chi connectivity index (χ0n) is 20.8. The van der Waals surface area contributed by atoms with Crippen molar-refractivity contribution in [2.45, 2.75) is 50.2 Å². The van der Waals surface area contributed by atoms with Gasteiger partial charge in [0.15, 0.2) is 0 Å². The number of hydrogen-bond acceptors (Lipinski definition) is 3. The summed E-state index contributed by atoms with van der Waals surface area (Å²) in [4.78, 5) is 29.3. The van der Waals surface area contributed by atoms with Crippen molar-refractivity contribution in [2.24, 2.45) is 11.8 Å². The highest BCUT2D eigenvalue weighted by molar-refractivity contribution is 6.31. The van der Waals surface area contributed by atoms with Gasteiger partial charge in [-0.25, -0.2) is 0 Å². The van der Waals surface area contributed by atoms with Crippen LogP contribution in [0.25, 0.3) is 0 Å². The SMILES string of the molecule is O=C(N[C@@H]1CCCC[C@@H]1C(=O)N1CC[C@@H]2[C@H](c3ccccc3Cl)Nc3ccccc3[C@@H]21)c1ccccc1. The second-order valence-corrected chi connectivity index (χ2v) is 10.9. The lowest BCUT2D eigenvalue weighted by Gasteiger charge is -2.42. The fourth-order valence-electron chi connectivity index (χ4n) is 6.66. The van der Waals surface area contributed by atoms with Crippen molar-refractivity contribution in [1.29, 1.82) is 0 Å². The normalized spacial score (nSPS) is 26.5. The van der Waals surface area contributed by atoms with Crippen LogP contribution in [-0.4, -0.2) is 29.3 Å². The third-order valence-corrected chi connectivity index (χ3v) is 8.77. The molecule has 3 aromatic rings. The molecule has 2 N–H and O–H groups in total. The molecule has 2 heterocycles. The summed E-state index contributed by atoms with van der Waals surface area (Å²) in [5.41, 5.74) is 3.94. The maximum Gasteiger partial charge on any atom is 0.251 e. The van der Waals surface area contributed by atoms with Crippen molar-refractivity contribution in [3.63, 3.8) is 0 Å². The Morgan fingerprint density at radius 1 is 0.838 bits per heavy atom. The molecular weight excluding hydrogens is 482 g/mol. The zero-order chi connectivity index (χ0) is 25.4. The van der Waals surface area contributed by atoms with Crippen molar-refractivity contribution in [3.05, 3.63) is 101 Å². The highest BCUT2D eigenvalue weighted by Gasteiger charge is 2.48. The number of nitrogens with zero attached hydrogens (tertiary/aromatic N) is 1. The molecule has 5 nitrogen and oxygen atoms in total. The van der Waals surface area contributed by atoms with E-state index in [0.29, 0.717) is 12.1 Å². The molecule has 190 valence electrons. The average molecular weight is 514 g/mol. The van der Waals surface area contributed by atoms with Gasteiger partial charge in [0, 0.05) is 34.8 Å². The summed E-state index contributed by atoms with van der Waals surface area (Å²) in [5.74, 6) is 0.0800. The number of amides is 2. The largest absolute Gasteiger partial charge is 0.378 e. The number of fused-ring (bicyclic) bond motifs is 3. The van der Waals surface area contributed by atoms with E-state index in [2.05, 4.69) is 39.8 Å². The van der Waals surface area contributed by atoms with Crippen molar-refractivity contribution >= 4 is 29.1 Å². The maximum absolute atomic E-state index is 14.2. The molecule has 2 aliphatic heterocycles. The molecular formula is C31H32ClN3O2. The second-order valence-electron chi connectivity index (χ2n) is 10.5. The van der Waals surface area contributed by atoms with E-state index in [1.165, 1.54) is 5.56 Å². The summed E-state index contributed by atoms with van der Waals surface area (Å²) in [6.07, 6.45) is 4.58.